The van der Waals surface area contributed by atoms with Gasteiger partial charge in [0.05, 0.1) is 11.3 Å². The summed E-state index contributed by atoms with van der Waals surface area (Å²) in [6, 6.07) is 2.98. The number of carbonyl (C=O) groups is 3. The third kappa shape index (κ3) is 7.69. The van der Waals surface area contributed by atoms with E-state index in [-0.39, 0.29) is 12.1 Å². The molecule has 4 N–H and O–H groups in total. The molecule has 3 amide bonds. The number of carbonyl (C=O) groups excluding carboxylic acids is 3. The van der Waals surface area contributed by atoms with E-state index in [1.165, 1.54) is 6.20 Å². The van der Waals surface area contributed by atoms with Gasteiger partial charge in [0.15, 0.2) is 0 Å². The van der Waals surface area contributed by atoms with Crippen molar-refractivity contribution in [3.8, 4) is 0 Å². The SMILES string of the molecule is CC(C)(C)OC(=O)NC1CC(Nc2c(C(=O)NNC=O)cnc3c2ccn3COCC[Si](C)(C)C)C1. The fourth-order valence-electron chi connectivity index (χ4n) is 3.81. The van der Waals surface area contributed by atoms with Gasteiger partial charge in [-0.05, 0) is 45.7 Å². The number of hydrazine groups is 1. The Kier molecular flexibility index (Phi) is 8.62. The Hall–Kier alpha value is -3.12. The maximum absolute atomic E-state index is 12.7. The zero-order valence-electron chi connectivity index (χ0n) is 21.9. The van der Waals surface area contributed by atoms with Crippen LogP contribution in [0.2, 0.25) is 25.7 Å². The van der Waals surface area contributed by atoms with Crippen LogP contribution in [0.15, 0.2) is 18.5 Å². The first-order valence-corrected chi connectivity index (χ1v) is 15.9. The van der Waals surface area contributed by atoms with E-state index in [0.717, 1.165) is 11.4 Å². The molecule has 1 fully saturated rings. The summed E-state index contributed by atoms with van der Waals surface area (Å²) in [5.74, 6) is -0.485. The lowest BCUT2D eigenvalue weighted by atomic mass is 9.86. The largest absolute Gasteiger partial charge is 0.444 e. The minimum absolute atomic E-state index is 0.0203. The van der Waals surface area contributed by atoms with Gasteiger partial charge in [-0.3, -0.25) is 20.4 Å². The third-order valence-electron chi connectivity index (χ3n) is 5.71. The summed E-state index contributed by atoms with van der Waals surface area (Å²) in [5.41, 5.74) is 5.58. The van der Waals surface area contributed by atoms with Crippen LogP contribution >= 0.6 is 0 Å². The van der Waals surface area contributed by atoms with Gasteiger partial charge in [-0.25, -0.2) is 9.78 Å². The molecule has 36 heavy (non-hydrogen) atoms. The number of hydrogen-bond acceptors (Lipinski definition) is 7. The van der Waals surface area contributed by atoms with E-state index in [1.807, 2.05) is 37.6 Å². The average Bonchev–Trinajstić information content (AvgIpc) is 3.15. The normalized spacial score (nSPS) is 17.7. The Balaban J connectivity index is 1.72. The number of aromatic nitrogens is 2. The topological polar surface area (TPSA) is 136 Å². The Morgan fingerprint density at radius 1 is 1.22 bits per heavy atom. The lowest BCUT2D eigenvalue weighted by molar-refractivity contribution is -0.110. The molecule has 2 aromatic rings. The Bertz CT molecular complexity index is 1090. The zero-order valence-corrected chi connectivity index (χ0v) is 22.9. The van der Waals surface area contributed by atoms with E-state index < -0.39 is 25.7 Å². The standard InChI is InChI=1S/C24H38N6O5Si/c1-24(2,3)35-23(33)28-17-11-16(12-17)27-20-18-7-8-30(15-34-9-10-36(4,5)6)21(18)25-13-19(20)22(32)29-26-14-31/h7-8,13-14,16-17H,9-12,15H2,1-6H3,(H,25,27)(H,26,31)(H,28,33)(H,29,32). The van der Waals surface area contributed by atoms with Crippen molar-refractivity contribution in [3.63, 3.8) is 0 Å². The fourth-order valence-corrected chi connectivity index (χ4v) is 4.56. The van der Waals surface area contributed by atoms with E-state index in [2.05, 4.69) is 46.1 Å². The van der Waals surface area contributed by atoms with Crippen LogP contribution in [-0.4, -0.2) is 60.3 Å². The minimum Gasteiger partial charge on any atom is -0.444 e. The number of amides is 3. The van der Waals surface area contributed by atoms with E-state index in [9.17, 15) is 14.4 Å². The molecule has 0 atom stereocenters. The highest BCUT2D eigenvalue weighted by molar-refractivity contribution is 6.76. The van der Waals surface area contributed by atoms with E-state index >= 15 is 0 Å². The second-order valence-electron chi connectivity index (χ2n) is 11.3. The zero-order chi connectivity index (χ0) is 26.5. The molecule has 2 aromatic heterocycles. The predicted molar refractivity (Wildman–Crippen MR) is 140 cm³/mol. The molecule has 0 aromatic carbocycles. The highest BCUT2D eigenvalue weighted by Gasteiger charge is 2.33. The number of alkyl carbamates (subject to hydrolysis) is 1. The van der Waals surface area contributed by atoms with Crippen molar-refractivity contribution >= 4 is 43.2 Å². The van der Waals surface area contributed by atoms with Gasteiger partial charge in [0.2, 0.25) is 6.41 Å². The summed E-state index contributed by atoms with van der Waals surface area (Å²) in [6.45, 7) is 13.4. The Morgan fingerprint density at radius 3 is 2.58 bits per heavy atom. The maximum Gasteiger partial charge on any atom is 0.407 e. The van der Waals surface area contributed by atoms with Crippen molar-refractivity contribution in [2.24, 2.45) is 0 Å². The second kappa shape index (κ2) is 11.3. The Morgan fingerprint density at radius 2 is 1.94 bits per heavy atom. The monoisotopic (exact) mass is 518 g/mol. The summed E-state index contributed by atoms with van der Waals surface area (Å²) in [7, 11) is -1.19. The molecular weight excluding hydrogens is 480 g/mol. The van der Waals surface area contributed by atoms with Crippen LogP contribution in [0.4, 0.5) is 10.5 Å². The predicted octanol–water partition coefficient (Wildman–Crippen LogP) is 3.21. The van der Waals surface area contributed by atoms with Crippen LogP contribution < -0.4 is 21.5 Å². The lowest BCUT2D eigenvalue weighted by Crippen LogP contribution is -2.51. The van der Waals surface area contributed by atoms with Crippen LogP contribution in [0.3, 0.4) is 0 Å². The summed E-state index contributed by atoms with van der Waals surface area (Å²) >= 11 is 0. The molecule has 1 saturated carbocycles. The number of pyridine rings is 1. The quantitative estimate of drug-likeness (QED) is 0.155. The summed E-state index contributed by atoms with van der Waals surface area (Å²) in [6.07, 6.45) is 4.68. The highest BCUT2D eigenvalue weighted by atomic mass is 28.3. The molecule has 0 bridgehead atoms. The molecule has 0 radical (unpaired) electrons. The average molecular weight is 519 g/mol. The maximum atomic E-state index is 12.7. The van der Waals surface area contributed by atoms with Gasteiger partial charge < -0.3 is 24.7 Å². The number of fused-ring (bicyclic) bond motifs is 1. The number of ether oxygens (including phenoxy) is 2. The van der Waals surface area contributed by atoms with E-state index in [4.69, 9.17) is 9.47 Å². The minimum atomic E-state index is -1.19. The molecule has 2 heterocycles. The first kappa shape index (κ1) is 27.5. The van der Waals surface area contributed by atoms with Crippen molar-refractivity contribution in [1.29, 1.82) is 0 Å². The molecule has 0 saturated heterocycles. The van der Waals surface area contributed by atoms with Crippen LogP contribution in [0.25, 0.3) is 11.0 Å². The van der Waals surface area contributed by atoms with Crippen LogP contribution in [0.5, 0.6) is 0 Å². The van der Waals surface area contributed by atoms with Gasteiger partial charge in [-0.2, -0.15) is 0 Å². The first-order valence-electron chi connectivity index (χ1n) is 12.2. The number of anilines is 1. The van der Waals surface area contributed by atoms with Gasteiger partial charge in [0.1, 0.15) is 18.0 Å². The molecule has 11 nitrogen and oxygen atoms in total. The van der Waals surface area contributed by atoms with Crippen LogP contribution in [0.1, 0.15) is 44.0 Å². The molecule has 0 spiro atoms. The number of nitrogens with zero attached hydrogens (tertiary/aromatic N) is 2. The highest BCUT2D eigenvalue weighted by Crippen LogP contribution is 2.32. The molecule has 0 aliphatic heterocycles. The molecule has 0 unspecified atom stereocenters. The van der Waals surface area contributed by atoms with E-state index in [0.29, 0.717) is 49.5 Å². The molecule has 1 aliphatic carbocycles. The van der Waals surface area contributed by atoms with Crippen molar-refractivity contribution in [2.75, 3.05) is 11.9 Å². The van der Waals surface area contributed by atoms with Crippen molar-refractivity contribution < 1.29 is 23.9 Å². The third-order valence-corrected chi connectivity index (χ3v) is 7.42. The van der Waals surface area contributed by atoms with Gasteiger partial charge in [-0.15, -0.1) is 0 Å². The first-order chi connectivity index (χ1) is 16.9. The number of nitrogens with one attached hydrogen (secondary N) is 4. The summed E-state index contributed by atoms with van der Waals surface area (Å²) in [5, 5.41) is 7.09. The fraction of sp³-hybridized carbons (Fsp3) is 0.583. The summed E-state index contributed by atoms with van der Waals surface area (Å²) < 4.78 is 13.1. The molecule has 12 heteroatoms. The molecule has 1 aliphatic rings. The van der Waals surface area contributed by atoms with Gasteiger partial charge in [0.25, 0.3) is 5.91 Å². The number of rotatable bonds is 11. The van der Waals surface area contributed by atoms with E-state index in [1.54, 1.807) is 0 Å². The number of hydrogen-bond donors (Lipinski definition) is 4. The second-order valence-corrected chi connectivity index (χ2v) is 16.9. The summed E-state index contributed by atoms with van der Waals surface area (Å²) in [4.78, 5) is 39.9. The van der Waals surface area contributed by atoms with Gasteiger partial charge in [0, 0.05) is 44.5 Å². The Labute approximate surface area is 212 Å². The van der Waals surface area contributed by atoms with Crippen molar-refractivity contribution in [3.05, 3.63) is 24.0 Å². The van der Waals surface area contributed by atoms with Gasteiger partial charge in [-0.1, -0.05) is 19.6 Å². The van der Waals surface area contributed by atoms with Gasteiger partial charge >= 0.3 is 6.09 Å². The van der Waals surface area contributed by atoms with Crippen LogP contribution in [-0.2, 0) is 21.0 Å². The smallest absolute Gasteiger partial charge is 0.407 e. The van der Waals surface area contributed by atoms with Crippen molar-refractivity contribution in [2.45, 2.75) is 83.7 Å². The molecule has 198 valence electrons. The lowest BCUT2D eigenvalue weighted by Gasteiger charge is -2.37. The molecule has 3 rings (SSSR count). The van der Waals surface area contributed by atoms with Crippen LogP contribution in [0, 0.1) is 0 Å². The van der Waals surface area contributed by atoms with Crippen molar-refractivity contribution in [1.82, 2.24) is 25.7 Å². The molecular formula is C24H38N6O5Si.